The normalized spacial score (nSPS) is 12.3. The topological polar surface area (TPSA) is 59.4 Å². The van der Waals surface area contributed by atoms with Gasteiger partial charge in [0.25, 0.3) is 0 Å². The molecule has 0 amide bonds. The average Bonchev–Trinajstić information content (AvgIpc) is 2.93. The molecule has 0 saturated heterocycles. The van der Waals surface area contributed by atoms with E-state index in [2.05, 4.69) is 10.9 Å². The molecule has 1 N–H and O–H groups in total. The van der Waals surface area contributed by atoms with E-state index in [4.69, 9.17) is 11.2 Å². The minimum atomic E-state index is -4.51. The summed E-state index contributed by atoms with van der Waals surface area (Å²) >= 11 is 0. The molecule has 0 spiro atoms. The van der Waals surface area contributed by atoms with Gasteiger partial charge in [-0.25, -0.2) is 0 Å². The smallest absolute Gasteiger partial charge is 0.418 e. The summed E-state index contributed by atoms with van der Waals surface area (Å²) in [7, 11) is 0. The van der Waals surface area contributed by atoms with Crippen molar-refractivity contribution in [2.45, 2.75) is 25.1 Å². The Bertz CT molecular complexity index is 1740. The number of carbonyl (C=O) groups is 1. The first-order valence-electron chi connectivity index (χ1n) is 12.1. The molecule has 4 aromatic carbocycles. The molecule has 4 nitrogen and oxygen atoms in total. The number of aromatic nitrogens is 1. The van der Waals surface area contributed by atoms with Gasteiger partial charge in [0.2, 0.25) is 0 Å². The van der Waals surface area contributed by atoms with E-state index < -0.39 is 23.6 Å². The van der Waals surface area contributed by atoms with E-state index in [-0.39, 0.29) is 18.5 Å². The lowest BCUT2D eigenvalue weighted by molar-refractivity contribution is -0.139. The Morgan fingerprint density at radius 2 is 1.67 bits per heavy atom. The van der Waals surface area contributed by atoms with Gasteiger partial charge in [0.05, 0.1) is 17.0 Å². The van der Waals surface area contributed by atoms with Crippen molar-refractivity contribution in [3.8, 4) is 29.2 Å². The zero-order valence-electron chi connectivity index (χ0n) is 20.6. The van der Waals surface area contributed by atoms with Crippen LogP contribution in [0.25, 0.3) is 32.8 Å². The van der Waals surface area contributed by atoms with Gasteiger partial charge >= 0.3 is 12.1 Å². The predicted molar refractivity (Wildman–Crippen MR) is 144 cm³/mol. The Kier molecular flexibility index (Phi) is 6.95. The fourth-order valence-corrected chi connectivity index (χ4v) is 4.83. The molecular formula is C32H22F3NO3. The third-order valence-corrected chi connectivity index (χ3v) is 6.62. The summed E-state index contributed by atoms with van der Waals surface area (Å²) in [5.74, 6) is 1.19. The first-order valence-corrected chi connectivity index (χ1v) is 12.1. The number of pyridine rings is 1. The van der Waals surface area contributed by atoms with Crippen LogP contribution in [0.3, 0.4) is 0 Å². The second kappa shape index (κ2) is 10.5. The first kappa shape index (κ1) is 25.8. The Morgan fingerprint density at radius 1 is 0.949 bits per heavy atom. The average molecular weight is 526 g/mol. The maximum Gasteiger partial charge on any atom is 0.418 e. The number of ether oxygens (including phenoxy) is 1. The molecular weight excluding hydrogens is 503 g/mol. The van der Waals surface area contributed by atoms with Crippen molar-refractivity contribution in [2.75, 3.05) is 0 Å². The molecule has 0 aliphatic carbocycles. The summed E-state index contributed by atoms with van der Waals surface area (Å²) in [6.07, 6.45) is 2.35. The molecule has 0 aliphatic heterocycles. The zero-order valence-corrected chi connectivity index (χ0v) is 20.6. The fourth-order valence-electron chi connectivity index (χ4n) is 4.83. The number of terminal acetylenes is 1. The number of para-hydroxylation sites is 1. The standard InChI is InChI=1S/C32H22F3NO3/c1-2-7-27(31(37)38)24-10-4-12-25-23(24)11-6-15-29(25)39-19-20-8-3-9-21(18-20)22-16-17-36-30-26(22)13-5-14-28(30)32(33,34)35/h1,3-6,8-18,27H,7,19H2,(H,37,38). The van der Waals surface area contributed by atoms with Crippen LogP contribution in [-0.2, 0) is 17.6 Å². The predicted octanol–water partition coefficient (Wildman–Crippen LogP) is 7.84. The van der Waals surface area contributed by atoms with Crippen LogP contribution in [0, 0.1) is 12.3 Å². The van der Waals surface area contributed by atoms with Crippen LogP contribution in [0.2, 0.25) is 0 Å². The molecule has 0 saturated carbocycles. The van der Waals surface area contributed by atoms with Gasteiger partial charge in [0.1, 0.15) is 12.4 Å². The highest BCUT2D eigenvalue weighted by Gasteiger charge is 2.33. The van der Waals surface area contributed by atoms with Crippen molar-refractivity contribution in [1.82, 2.24) is 4.98 Å². The van der Waals surface area contributed by atoms with E-state index in [1.165, 1.54) is 12.3 Å². The number of alkyl halides is 3. The van der Waals surface area contributed by atoms with Gasteiger partial charge in [-0.05, 0) is 51.9 Å². The molecule has 0 radical (unpaired) electrons. The summed E-state index contributed by atoms with van der Waals surface area (Å²) < 4.78 is 46.8. The lowest BCUT2D eigenvalue weighted by Crippen LogP contribution is -2.11. The van der Waals surface area contributed by atoms with Gasteiger partial charge < -0.3 is 9.84 Å². The van der Waals surface area contributed by atoms with Gasteiger partial charge in [-0.1, -0.05) is 60.7 Å². The van der Waals surface area contributed by atoms with E-state index in [0.29, 0.717) is 22.3 Å². The van der Waals surface area contributed by atoms with Gasteiger partial charge in [-0.2, -0.15) is 13.2 Å². The summed E-state index contributed by atoms with van der Waals surface area (Å²) in [5, 5.41) is 11.6. The number of aliphatic carboxylic acids is 1. The number of carboxylic acids is 1. The van der Waals surface area contributed by atoms with Crippen LogP contribution in [0.15, 0.2) is 91.1 Å². The van der Waals surface area contributed by atoms with Gasteiger partial charge in [0.15, 0.2) is 0 Å². The SMILES string of the molecule is C#CCC(C(=O)O)c1cccc2c(OCc3cccc(-c4ccnc5c(C(F)(F)F)cccc45)c3)cccc12. The first-order chi connectivity index (χ1) is 18.8. The number of hydrogen-bond acceptors (Lipinski definition) is 3. The minimum Gasteiger partial charge on any atom is -0.488 e. The second-order valence-electron chi connectivity index (χ2n) is 9.04. The van der Waals surface area contributed by atoms with Crippen LogP contribution in [0.1, 0.15) is 29.0 Å². The Labute approximate surface area is 222 Å². The Balaban J connectivity index is 1.47. The van der Waals surface area contributed by atoms with Crippen molar-refractivity contribution in [2.24, 2.45) is 0 Å². The Hall–Kier alpha value is -4.83. The van der Waals surface area contributed by atoms with Crippen molar-refractivity contribution < 1.29 is 27.8 Å². The highest BCUT2D eigenvalue weighted by molar-refractivity contribution is 5.96. The third kappa shape index (κ3) is 5.14. The third-order valence-electron chi connectivity index (χ3n) is 6.62. The molecule has 5 aromatic rings. The largest absolute Gasteiger partial charge is 0.488 e. The van der Waals surface area contributed by atoms with Crippen molar-refractivity contribution >= 4 is 27.6 Å². The molecule has 39 heavy (non-hydrogen) atoms. The summed E-state index contributed by atoms with van der Waals surface area (Å²) in [6.45, 7) is 0.195. The van der Waals surface area contributed by atoms with Crippen molar-refractivity contribution in [1.29, 1.82) is 0 Å². The number of benzene rings is 4. The molecule has 0 bridgehead atoms. The summed E-state index contributed by atoms with van der Waals surface area (Å²) in [5.41, 5.74) is 1.93. The van der Waals surface area contributed by atoms with E-state index in [9.17, 15) is 23.1 Å². The van der Waals surface area contributed by atoms with Crippen molar-refractivity contribution in [3.05, 3.63) is 108 Å². The molecule has 1 heterocycles. The lowest BCUT2D eigenvalue weighted by atomic mass is 9.91. The van der Waals surface area contributed by atoms with Gasteiger partial charge in [-0.3, -0.25) is 9.78 Å². The molecule has 1 aromatic heterocycles. The molecule has 0 aliphatic rings. The lowest BCUT2D eigenvalue weighted by Gasteiger charge is -2.16. The fraction of sp³-hybridized carbons (Fsp3) is 0.125. The molecule has 7 heteroatoms. The zero-order chi connectivity index (χ0) is 27.6. The van der Waals surface area contributed by atoms with E-state index in [1.807, 2.05) is 42.5 Å². The van der Waals surface area contributed by atoms with Crippen LogP contribution < -0.4 is 4.74 Å². The van der Waals surface area contributed by atoms with Crippen LogP contribution in [0.4, 0.5) is 13.2 Å². The summed E-state index contributed by atoms with van der Waals surface area (Å²) in [6, 6.07) is 24.0. The number of halogens is 3. The van der Waals surface area contributed by atoms with E-state index >= 15 is 0 Å². The van der Waals surface area contributed by atoms with Gasteiger partial charge in [-0.15, -0.1) is 12.3 Å². The monoisotopic (exact) mass is 525 g/mol. The number of fused-ring (bicyclic) bond motifs is 2. The summed E-state index contributed by atoms with van der Waals surface area (Å²) in [4.78, 5) is 15.9. The molecule has 5 rings (SSSR count). The Morgan fingerprint density at radius 3 is 2.44 bits per heavy atom. The highest BCUT2D eigenvalue weighted by atomic mass is 19.4. The van der Waals surface area contributed by atoms with E-state index in [1.54, 1.807) is 30.3 Å². The number of hydrogen-bond donors (Lipinski definition) is 1. The van der Waals surface area contributed by atoms with Crippen molar-refractivity contribution in [3.63, 3.8) is 0 Å². The number of carboxylic acid groups (broad SMARTS) is 1. The highest BCUT2D eigenvalue weighted by Crippen LogP contribution is 2.37. The number of nitrogens with zero attached hydrogens (tertiary/aromatic N) is 1. The molecule has 1 atom stereocenters. The van der Waals surface area contributed by atoms with E-state index in [0.717, 1.165) is 28.0 Å². The van der Waals surface area contributed by atoms with Crippen LogP contribution in [0.5, 0.6) is 5.75 Å². The molecule has 194 valence electrons. The van der Waals surface area contributed by atoms with Gasteiger partial charge in [0, 0.05) is 23.4 Å². The quantitative estimate of drug-likeness (QED) is 0.220. The maximum absolute atomic E-state index is 13.5. The second-order valence-corrected chi connectivity index (χ2v) is 9.04. The molecule has 0 fully saturated rings. The van der Waals surface area contributed by atoms with Crippen LogP contribution in [-0.4, -0.2) is 16.1 Å². The van der Waals surface area contributed by atoms with Crippen LogP contribution >= 0.6 is 0 Å². The number of rotatable bonds is 7. The molecule has 1 unspecified atom stereocenters. The minimum absolute atomic E-state index is 0.0699. The maximum atomic E-state index is 13.5.